The number of ether oxygens (including phenoxy) is 1. The molecule has 0 bridgehead atoms. The number of hydrogen-bond donors (Lipinski definition) is 1. The fourth-order valence-corrected chi connectivity index (χ4v) is 2.44. The maximum absolute atomic E-state index is 10.5. The minimum atomic E-state index is 0.512. The molecule has 2 aromatic heterocycles. The summed E-state index contributed by atoms with van der Waals surface area (Å²) in [4.78, 5) is 19.2. The summed E-state index contributed by atoms with van der Waals surface area (Å²) in [6, 6.07) is 9.58. The summed E-state index contributed by atoms with van der Waals surface area (Å²) in [6.07, 6.45) is 7.28. The highest BCUT2D eigenvalue weighted by molar-refractivity contribution is 5.74. The van der Waals surface area contributed by atoms with Crippen molar-refractivity contribution in [2.75, 3.05) is 12.4 Å². The highest BCUT2D eigenvalue weighted by Crippen LogP contribution is 2.15. The highest BCUT2D eigenvalue weighted by atomic mass is 16.5. The van der Waals surface area contributed by atoms with Crippen LogP contribution in [0.4, 0.5) is 5.95 Å². The number of allylic oxidation sites excluding steroid dienone is 1. The smallest absolute Gasteiger partial charge is 0.224 e. The zero-order valence-corrected chi connectivity index (χ0v) is 14.6. The summed E-state index contributed by atoms with van der Waals surface area (Å²) in [5, 5.41) is 7.54. The van der Waals surface area contributed by atoms with Gasteiger partial charge in [-0.2, -0.15) is 10.1 Å². The van der Waals surface area contributed by atoms with Gasteiger partial charge in [0.15, 0.2) is 5.82 Å². The fourth-order valence-electron chi connectivity index (χ4n) is 2.44. The van der Waals surface area contributed by atoms with Crippen LogP contribution in [-0.4, -0.2) is 33.1 Å². The Bertz CT molecular complexity index is 916. The fraction of sp³-hybridized carbons (Fsp3) is 0.158. The van der Waals surface area contributed by atoms with Crippen molar-refractivity contribution >= 4 is 18.3 Å². The van der Waals surface area contributed by atoms with Gasteiger partial charge < -0.3 is 10.1 Å². The van der Waals surface area contributed by atoms with E-state index in [1.807, 2.05) is 31.2 Å². The molecule has 7 heteroatoms. The van der Waals surface area contributed by atoms with E-state index in [0.717, 1.165) is 28.9 Å². The summed E-state index contributed by atoms with van der Waals surface area (Å²) in [6.45, 7) is 2.52. The van der Waals surface area contributed by atoms with Gasteiger partial charge in [0.1, 0.15) is 12.0 Å². The van der Waals surface area contributed by atoms with Crippen LogP contribution < -0.4 is 10.1 Å². The van der Waals surface area contributed by atoms with Crippen LogP contribution in [0.5, 0.6) is 5.75 Å². The van der Waals surface area contributed by atoms with Crippen molar-refractivity contribution in [2.24, 2.45) is 0 Å². The first-order valence-electron chi connectivity index (χ1n) is 8.08. The first-order chi connectivity index (χ1) is 12.7. The first-order valence-corrected chi connectivity index (χ1v) is 8.08. The van der Waals surface area contributed by atoms with Crippen LogP contribution in [-0.2, 0) is 11.3 Å². The van der Waals surface area contributed by atoms with Crippen molar-refractivity contribution in [1.29, 1.82) is 0 Å². The third-order valence-electron chi connectivity index (χ3n) is 3.87. The molecule has 0 aliphatic carbocycles. The normalized spacial score (nSPS) is 10.8. The van der Waals surface area contributed by atoms with Crippen LogP contribution in [0.25, 0.3) is 11.9 Å². The maximum atomic E-state index is 10.5. The maximum Gasteiger partial charge on any atom is 0.224 e. The van der Waals surface area contributed by atoms with Gasteiger partial charge in [-0.1, -0.05) is 12.1 Å². The van der Waals surface area contributed by atoms with Gasteiger partial charge >= 0.3 is 0 Å². The zero-order valence-electron chi connectivity index (χ0n) is 14.6. The lowest BCUT2D eigenvalue weighted by atomic mass is 10.2. The molecular weight excluding hydrogens is 330 g/mol. The molecule has 0 fully saturated rings. The molecule has 26 heavy (non-hydrogen) atoms. The Kier molecular flexibility index (Phi) is 5.38. The molecule has 3 rings (SSSR count). The molecule has 2 heterocycles. The number of methoxy groups -OCH3 is 1. The number of hydrogen-bond acceptors (Lipinski definition) is 6. The minimum Gasteiger partial charge on any atom is -0.497 e. The van der Waals surface area contributed by atoms with Gasteiger partial charge in [-0.3, -0.25) is 4.79 Å². The highest BCUT2D eigenvalue weighted by Gasteiger charge is 2.08. The van der Waals surface area contributed by atoms with Crippen LogP contribution in [0.1, 0.15) is 16.8 Å². The number of nitrogens with zero attached hydrogens (tertiary/aromatic N) is 4. The second kappa shape index (κ2) is 8.06. The van der Waals surface area contributed by atoms with Crippen LogP contribution in [0.3, 0.4) is 0 Å². The molecule has 0 unspecified atom stereocenters. The van der Waals surface area contributed by atoms with Crippen LogP contribution in [0, 0.1) is 6.92 Å². The second-order valence-electron chi connectivity index (χ2n) is 5.53. The zero-order chi connectivity index (χ0) is 18.4. The van der Waals surface area contributed by atoms with Crippen LogP contribution >= 0.6 is 0 Å². The monoisotopic (exact) mass is 349 g/mol. The van der Waals surface area contributed by atoms with Crippen LogP contribution in [0.2, 0.25) is 0 Å². The largest absolute Gasteiger partial charge is 0.497 e. The molecule has 3 aromatic rings. The average Bonchev–Trinajstić information content (AvgIpc) is 3.06. The number of aldehydes is 1. The number of benzene rings is 1. The van der Waals surface area contributed by atoms with Gasteiger partial charge in [-0.15, -0.1) is 0 Å². The molecule has 132 valence electrons. The predicted molar refractivity (Wildman–Crippen MR) is 99.3 cm³/mol. The van der Waals surface area contributed by atoms with E-state index in [1.165, 1.54) is 6.08 Å². The SMILES string of the molecule is COc1ccc(CNc2nccc(-n3ncc(/C=C/C=O)c3C)n2)cc1. The number of anilines is 1. The van der Waals surface area contributed by atoms with Crippen molar-refractivity contribution in [2.45, 2.75) is 13.5 Å². The lowest BCUT2D eigenvalue weighted by Crippen LogP contribution is -2.07. The summed E-state index contributed by atoms with van der Waals surface area (Å²) in [7, 11) is 1.64. The number of carbonyl (C=O) groups excluding carboxylic acids is 1. The first kappa shape index (κ1) is 17.3. The molecule has 0 amide bonds. The Morgan fingerprint density at radius 1 is 1.23 bits per heavy atom. The molecule has 0 radical (unpaired) electrons. The van der Waals surface area contributed by atoms with Crippen molar-refractivity contribution in [1.82, 2.24) is 19.7 Å². The van der Waals surface area contributed by atoms with E-state index < -0.39 is 0 Å². The molecule has 0 saturated heterocycles. The van der Waals surface area contributed by atoms with Crippen LogP contribution in [0.15, 0.2) is 48.8 Å². The van der Waals surface area contributed by atoms with E-state index in [2.05, 4.69) is 20.4 Å². The Balaban J connectivity index is 1.74. The second-order valence-corrected chi connectivity index (χ2v) is 5.53. The van der Waals surface area contributed by atoms with Gasteiger partial charge in [0.2, 0.25) is 5.95 Å². The average molecular weight is 349 g/mol. The molecule has 0 aliphatic rings. The van der Waals surface area contributed by atoms with Crippen molar-refractivity contribution < 1.29 is 9.53 Å². The minimum absolute atomic E-state index is 0.512. The van der Waals surface area contributed by atoms with Gasteiger partial charge in [-0.05, 0) is 36.8 Å². The van der Waals surface area contributed by atoms with E-state index in [0.29, 0.717) is 18.3 Å². The number of rotatable bonds is 7. The molecule has 1 N–H and O–H groups in total. The lowest BCUT2D eigenvalue weighted by molar-refractivity contribution is -0.104. The molecule has 7 nitrogen and oxygen atoms in total. The number of nitrogens with one attached hydrogen (secondary N) is 1. The van der Waals surface area contributed by atoms with E-state index in [4.69, 9.17) is 4.74 Å². The molecular formula is C19H19N5O2. The third-order valence-corrected chi connectivity index (χ3v) is 3.87. The Morgan fingerprint density at radius 3 is 2.77 bits per heavy atom. The van der Waals surface area contributed by atoms with Gasteiger partial charge in [0.05, 0.1) is 19.0 Å². The van der Waals surface area contributed by atoms with E-state index >= 15 is 0 Å². The molecule has 1 aromatic carbocycles. The standard InChI is InChI=1S/C19H19N5O2/c1-14-16(4-3-11-25)13-22-24(14)18-9-10-20-19(23-18)21-12-15-5-7-17(26-2)8-6-15/h3-11,13H,12H2,1-2H3,(H,20,21,23)/b4-3+. The Hall–Kier alpha value is -3.48. The van der Waals surface area contributed by atoms with E-state index in [1.54, 1.807) is 36.3 Å². The van der Waals surface area contributed by atoms with Gasteiger partial charge in [-0.25, -0.2) is 9.67 Å². The molecule has 0 aliphatic heterocycles. The van der Waals surface area contributed by atoms with Crippen molar-refractivity contribution in [3.8, 4) is 11.6 Å². The van der Waals surface area contributed by atoms with E-state index in [9.17, 15) is 4.79 Å². The number of aromatic nitrogens is 4. The predicted octanol–water partition coefficient (Wildman–Crippen LogP) is 2.80. The summed E-state index contributed by atoms with van der Waals surface area (Å²) >= 11 is 0. The Labute approximate surface area is 151 Å². The third kappa shape index (κ3) is 3.94. The Morgan fingerprint density at radius 2 is 2.04 bits per heavy atom. The quantitative estimate of drug-likeness (QED) is 0.522. The lowest BCUT2D eigenvalue weighted by Gasteiger charge is -2.08. The molecule has 0 saturated carbocycles. The summed E-state index contributed by atoms with van der Waals surface area (Å²) < 4.78 is 6.87. The van der Waals surface area contributed by atoms with Crippen molar-refractivity contribution in [3.05, 3.63) is 65.6 Å². The molecule has 0 spiro atoms. The topological polar surface area (TPSA) is 81.9 Å². The summed E-state index contributed by atoms with van der Waals surface area (Å²) in [5.74, 6) is 1.99. The summed E-state index contributed by atoms with van der Waals surface area (Å²) in [5.41, 5.74) is 2.85. The van der Waals surface area contributed by atoms with Crippen molar-refractivity contribution in [3.63, 3.8) is 0 Å². The molecule has 0 atom stereocenters. The van der Waals surface area contributed by atoms with Gasteiger partial charge in [0.25, 0.3) is 0 Å². The van der Waals surface area contributed by atoms with Gasteiger partial charge in [0, 0.05) is 24.4 Å². The number of carbonyl (C=O) groups is 1. The van der Waals surface area contributed by atoms with E-state index in [-0.39, 0.29) is 0 Å².